The maximum atomic E-state index is 11.9. The maximum absolute atomic E-state index is 11.9. The summed E-state index contributed by atoms with van der Waals surface area (Å²) < 4.78 is 21.2. The molecule has 0 spiro atoms. The third-order valence-electron chi connectivity index (χ3n) is 4.27. The molecule has 1 fully saturated rings. The molecule has 0 radical (unpaired) electrons. The van der Waals surface area contributed by atoms with Crippen LogP contribution in [0.15, 0.2) is 12.3 Å². The van der Waals surface area contributed by atoms with Crippen LogP contribution in [0.4, 0.5) is 4.79 Å². The van der Waals surface area contributed by atoms with Crippen molar-refractivity contribution >= 4 is 6.03 Å². The van der Waals surface area contributed by atoms with E-state index in [0.717, 1.165) is 5.69 Å². The Bertz CT molecular complexity index is 576. The van der Waals surface area contributed by atoms with E-state index < -0.39 is 6.29 Å². The van der Waals surface area contributed by atoms with Gasteiger partial charge in [0.1, 0.15) is 0 Å². The van der Waals surface area contributed by atoms with Crippen molar-refractivity contribution in [1.29, 1.82) is 0 Å². The van der Waals surface area contributed by atoms with E-state index >= 15 is 0 Å². The molecule has 2 rings (SSSR count). The number of carbonyl (C=O) groups is 1. The van der Waals surface area contributed by atoms with E-state index in [2.05, 4.69) is 15.6 Å². The Morgan fingerprint density at radius 1 is 1.19 bits per heavy atom. The Hall–Kier alpha value is -2.06. The first kappa shape index (κ1) is 20.3. The van der Waals surface area contributed by atoms with Crippen molar-refractivity contribution in [2.75, 3.05) is 41.0 Å². The lowest BCUT2D eigenvalue weighted by atomic mass is 10.1. The molecule has 2 N–H and O–H groups in total. The molecule has 2 amide bonds. The number of pyridine rings is 1. The van der Waals surface area contributed by atoms with Crippen molar-refractivity contribution in [1.82, 2.24) is 15.6 Å². The zero-order valence-corrected chi connectivity index (χ0v) is 15.9. The highest BCUT2D eigenvalue weighted by Gasteiger charge is 2.23. The number of hydrogen-bond donors (Lipinski definition) is 2. The molecule has 1 aliphatic carbocycles. The van der Waals surface area contributed by atoms with Gasteiger partial charge in [-0.05, 0) is 18.8 Å². The number of aromatic nitrogens is 1. The SMILES string of the molecule is COc1cnc(C(C)CNC(=O)NCC(OC)OC)cc1OCC1CC1. The molecule has 0 aliphatic heterocycles. The molecule has 1 aliphatic rings. The molecule has 0 bridgehead atoms. The molecule has 1 heterocycles. The smallest absolute Gasteiger partial charge is 0.314 e. The topological polar surface area (TPSA) is 90.9 Å². The molecule has 0 aromatic carbocycles. The van der Waals surface area contributed by atoms with Crippen LogP contribution in [0.3, 0.4) is 0 Å². The van der Waals surface area contributed by atoms with Gasteiger partial charge in [-0.1, -0.05) is 6.92 Å². The van der Waals surface area contributed by atoms with Gasteiger partial charge in [0.15, 0.2) is 17.8 Å². The first-order chi connectivity index (χ1) is 12.6. The predicted molar refractivity (Wildman–Crippen MR) is 96.6 cm³/mol. The predicted octanol–water partition coefficient (Wildman–Crippen LogP) is 1.90. The van der Waals surface area contributed by atoms with Gasteiger partial charge in [0.2, 0.25) is 0 Å². The average molecular weight is 367 g/mol. The van der Waals surface area contributed by atoms with Crippen molar-refractivity contribution in [2.24, 2.45) is 5.92 Å². The zero-order valence-electron chi connectivity index (χ0n) is 15.9. The molecular formula is C18H29N3O5. The quantitative estimate of drug-likeness (QED) is 0.581. The molecule has 8 heteroatoms. The summed E-state index contributed by atoms with van der Waals surface area (Å²) in [6.45, 7) is 3.41. The summed E-state index contributed by atoms with van der Waals surface area (Å²) in [4.78, 5) is 16.3. The molecular weight excluding hydrogens is 338 g/mol. The highest BCUT2D eigenvalue weighted by Crippen LogP contribution is 2.33. The summed E-state index contributed by atoms with van der Waals surface area (Å²) in [5.41, 5.74) is 0.837. The monoisotopic (exact) mass is 367 g/mol. The molecule has 1 unspecified atom stereocenters. The Morgan fingerprint density at radius 2 is 1.88 bits per heavy atom. The zero-order chi connectivity index (χ0) is 18.9. The molecule has 1 aromatic heterocycles. The van der Waals surface area contributed by atoms with E-state index in [9.17, 15) is 4.79 Å². The first-order valence-electron chi connectivity index (χ1n) is 8.81. The number of methoxy groups -OCH3 is 3. The minimum absolute atomic E-state index is 0.0237. The summed E-state index contributed by atoms with van der Waals surface area (Å²) in [6, 6.07) is 1.60. The summed E-state index contributed by atoms with van der Waals surface area (Å²) in [7, 11) is 4.64. The Labute approximate surface area is 154 Å². The van der Waals surface area contributed by atoms with Crippen LogP contribution in [-0.2, 0) is 9.47 Å². The second-order valence-corrected chi connectivity index (χ2v) is 6.41. The largest absolute Gasteiger partial charge is 0.491 e. The van der Waals surface area contributed by atoms with Gasteiger partial charge in [0.05, 0.1) is 26.5 Å². The number of carbonyl (C=O) groups excluding carboxylic acids is 1. The van der Waals surface area contributed by atoms with Crippen LogP contribution < -0.4 is 20.1 Å². The van der Waals surface area contributed by atoms with Gasteiger partial charge in [-0.25, -0.2) is 4.79 Å². The van der Waals surface area contributed by atoms with E-state index in [1.165, 1.54) is 27.1 Å². The molecule has 1 atom stereocenters. The fourth-order valence-corrected chi connectivity index (χ4v) is 2.32. The van der Waals surface area contributed by atoms with Gasteiger partial charge in [-0.3, -0.25) is 4.98 Å². The minimum Gasteiger partial charge on any atom is -0.491 e. The number of nitrogens with zero attached hydrogens (tertiary/aromatic N) is 1. The van der Waals surface area contributed by atoms with Gasteiger partial charge >= 0.3 is 6.03 Å². The standard InChI is InChI=1S/C18H29N3O5/c1-12(8-20-18(22)21-10-17(24-3)25-4)14-7-15(16(23-2)9-19-14)26-11-13-5-6-13/h7,9,12-13,17H,5-6,8,10-11H2,1-4H3,(H2,20,21,22). The molecule has 1 aromatic rings. The molecule has 26 heavy (non-hydrogen) atoms. The number of urea groups is 1. The normalized spacial score (nSPS) is 14.8. The number of ether oxygens (including phenoxy) is 4. The second kappa shape index (κ2) is 10.2. The fourth-order valence-electron chi connectivity index (χ4n) is 2.32. The number of amides is 2. The van der Waals surface area contributed by atoms with Crippen molar-refractivity contribution < 1.29 is 23.7 Å². The third-order valence-corrected chi connectivity index (χ3v) is 4.27. The van der Waals surface area contributed by atoms with E-state index in [4.69, 9.17) is 18.9 Å². The fraction of sp³-hybridized carbons (Fsp3) is 0.667. The summed E-state index contributed by atoms with van der Waals surface area (Å²) in [6.07, 6.45) is 3.65. The van der Waals surface area contributed by atoms with E-state index in [1.807, 2.05) is 13.0 Å². The first-order valence-corrected chi connectivity index (χ1v) is 8.81. The van der Waals surface area contributed by atoms with Crippen molar-refractivity contribution in [3.63, 3.8) is 0 Å². The van der Waals surface area contributed by atoms with Crippen molar-refractivity contribution in [3.05, 3.63) is 18.0 Å². The van der Waals surface area contributed by atoms with Crippen molar-refractivity contribution in [2.45, 2.75) is 32.0 Å². The summed E-state index contributed by atoms with van der Waals surface area (Å²) in [5, 5.41) is 5.52. The van der Waals surface area contributed by atoms with Crippen LogP contribution >= 0.6 is 0 Å². The van der Waals surface area contributed by atoms with E-state index in [0.29, 0.717) is 30.6 Å². The second-order valence-electron chi connectivity index (χ2n) is 6.41. The lowest BCUT2D eigenvalue weighted by Gasteiger charge is -2.17. The van der Waals surface area contributed by atoms with Gasteiger partial charge in [0, 0.05) is 38.4 Å². The number of nitrogens with one attached hydrogen (secondary N) is 2. The Balaban J connectivity index is 1.84. The maximum Gasteiger partial charge on any atom is 0.314 e. The Morgan fingerprint density at radius 3 is 2.50 bits per heavy atom. The van der Waals surface area contributed by atoms with Gasteiger partial charge in [-0.2, -0.15) is 0 Å². The Kier molecular flexibility index (Phi) is 7.93. The number of rotatable bonds is 11. The van der Waals surface area contributed by atoms with Crippen LogP contribution in [0.2, 0.25) is 0 Å². The van der Waals surface area contributed by atoms with E-state index in [1.54, 1.807) is 13.3 Å². The highest BCUT2D eigenvalue weighted by molar-refractivity contribution is 5.73. The lowest BCUT2D eigenvalue weighted by Crippen LogP contribution is -2.41. The molecule has 8 nitrogen and oxygen atoms in total. The number of hydrogen-bond acceptors (Lipinski definition) is 6. The van der Waals surface area contributed by atoms with Crippen LogP contribution in [0.25, 0.3) is 0 Å². The summed E-state index contributed by atoms with van der Waals surface area (Å²) in [5.74, 6) is 2.00. The van der Waals surface area contributed by atoms with Gasteiger partial charge in [0.25, 0.3) is 0 Å². The molecule has 1 saturated carbocycles. The third kappa shape index (κ3) is 6.34. The lowest BCUT2D eigenvalue weighted by molar-refractivity contribution is -0.0971. The van der Waals surface area contributed by atoms with Crippen LogP contribution in [0.5, 0.6) is 11.5 Å². The minimum atomic E-state index is -0.465. The van der Waals surface area contributed by atoms with Gasteiger partial charge in [-0.15, -0.1) is 0 Å². The molecule has 0 saturated heterocycles. The van der Waals surface area contributed by atoms with Crippen LogP contribution in [0.1, 0.15) is 31.4 Å². The van der Waals surface area contributed by atoms with E-state index in [-0.39, 0.29) is 18.5 Å². The summed E-state index contributed by atoms with van der Waals surface area (Å²) >= 11 is 0. The van der Waals surface area contributed by atoms with Crippen LogP contribution in [-0.4, -0.2) is 58.3 Å². The highest BCUT2D eigenvalue weighted by atomic mass is 16.7. The molecule has 146 valence electrons. The van der Waals surface area contributed by atoms with Crippen LogP contribution in [0, 0.1) is 5.92 Å². The van der Waals surface area contributed by atoms with Crippen molar-refractivity contribution in [3.8, 4) is 11.5 Å². The van der Waals surface area contributed by atoms with Gasteiger partial charge < -0.3 is 29.6 Å². The average Bonchev–Trinajstić information content (AvgIpc) is 3.49.